The molecule has 3 amide bonds. The summed E-state index contributed by atoms with van der Waals surface area (Å²) in [5, 5.41) is 15.0. The van der Waals surface area contributed by atoms with E-state index in [0.29, 0.717) is 11.4 Å². The molecule has 3 N–H and O–H groups in total. The van der Waals surface area contributed by atoms with Gasteiger partial charge in [-0.15, -0.1) is 0 Å². The number of piperidine rings is 1. The minimum absolute atomic E-state index is 0.0119. The minimum Gasteiger partial charge on any atom is -0.384 e. The van der Waals surface area contributed by atoms with Gasteiger partial charge in [-0.1, -0.05) is 64.4 Å². The summed E-state index contributed by atoms with van der Waals surface area (Å²) >= 11 is 6.02. The number of nitrogens with zero attached hydrogens (tertiary/aromatic N) is 1. The van der Waals surface area contributed by atoms with E-state index in [-0.39, 0.29) is 41.8 Å². The van der Waals surface area contributed by atoms with Gasteiger partial charge < -0.3 is 15.3 Å². The van der Waals surface area contributed by atoms with E-state index in [1.165, 1.54) is 31.2 Å². The van der Waals surface area contributed by atoms with Crippen LogP contribution in [0.1, 0.15) is 63.4 Å². The number of amides is 3. The summed E-state index contributed by atoms with van der Waals surface area (Å²) in [5.74, 6) is -1.83. The number of halogens is 1. The van der Waals surface area contributed by atoms with Crippen LogP contribution in [0.4, 0.5) is 0 Å². The van der Waals surface area contributed by atoms with Gasteiger partial charge in [-0.3, -0.25) is 14.4 Å². The standard InChI is InChI=1S/C28H36ClN3O6S/c1-6-23(33)31-39(37,38)22-9-7-8-19(16-22)25(34)30-24(18(2)3)26(35)32-15-14-28(36,27(4,5)17-32)20-10-12-21(29)13-11-20/h7-13,16,18,24,36H,6,14-15,17H2,1-5H3,(H,30,34)(H,31,33)/t24-,28+/m1/s1. The van der Waals surface area contributed by atoms with Crippen molar-refractivity contribution in [2.75, 3.05) is 13.1 Å². The molecule has 11 heteroatoms. The Labute approximate surface area is 235 Å². The number of benzene rings is 2. The van der Waals surface area contributed by atoms with Gasteiger partial charge in [0.05, 0.1) is 10.5 Å². The molecule has 1 fully saturated rings. The van der Waals surface area contributed by atoms with Crippen molar-refractivity contribution in [2.45, 2.75) is 64.0 Å². The van der Waals surface area contributed by atoms with Crippen molar-refractivity contribution in [3.63, 3.8) is 0 Å². The summed E-state index contributed by atoms with van der Waals surface area (Å²) in [6.07, 6.45) is 0.289. The van der Waals surface area contributed by atoms with Gasteiger partial charge in [0.2, 0.25) is 11.8 Å². The third-order valence-electron chi connectivity index (χ3n) is 7.28. The highest BCUT2D eigenvalue weighted by molar-refractivity contribution is 7.90. The molecule has 1 heterocycles. The Morgan fingerprint density at radius 1 is 1.10 bits per heavy atom. The maximum atomic E-state index is 13.6. The normalized spacial score (nSPS) is 19.8. The van der Waals surface area contributed by atoms with Crippen molar-refractivity contribution in [2.24, 2.45) is 11.3 Å². The number of carbonyl (C=O) groups excluding carboxylic acids is 3. The molecule has 1 saturated heterocycles. The van der Waals surface area contributed by atoms with Crippen molar-refractivity contribution < 1.29 is 27.9 Å². The van der Waals surface area contributed by atoms with Gasteiger partial charge in [-0.25, -0.2) is 13.1 Å². The van der Waals surface area contributed by atoms with Crippen molar-refractivity contribution in [3.05, 3.63) is 64.7 Å². The fourth-order valence-corrected chi connectivity index (χ4v) is 6.02. The van der Waals surface area contributed by atoms with Crippen molar-refractivity contribution in [1.29, 1.82) is 0 Å². The van der Waals surface area contributed by atoms with Crippen LogP contribution in [0.3, 0.4) is 0 Å². The molecule has 0 bridgehead atoms. The van der Waals surface area contributed by atoms with Gasteiger partial charge in [0.15, 0.2) is 0 Å². The van der Waals surface area contributed by atoms with Crippen LogP contribution in [0.5, 0.6) is 0 Å². The number of hydrogen-bond donors (Lipinski definition) is 3. The van der Waals surface area contributed by atoms with Crippen LogP contribution in [-0.2, 0) is 25.2 Å². The molecule has 0 aromatic heterocycles. The molecule has 39 heavy (non-hydrogen) atoms. The van der Waals surface area contributed by atoms with E-state index in [1.54, 1.807) is 29.2 Å². The number of rotatable bonds is 8. The lowest BCUT2D eigenvalue weighted by atomic mass is 9.66. The van der Waals surface area contributed by atoms with Crippen LogP contribution in [0, 0.1) is 11.3 Å². The molecule has 0 saturated carbocycles. The first kappa shape index (κ1) is 30.6. The number of hydrogen-bond acceptors (Lipinski definition) is 6. The summed E-state index contributed by atoms with van der Waals surface area (Å²) in [6.45, 7) is 9.48. The Morgan fingerprint density at radius 3 is 2.31 bits per heavy atom. The molecule has 2 atom stereocenters. The Morgan fingerprint density at radius 2 is 1.74 bits per heavy atom. The quantitative estimate of drug-likeness (QED) is 0.440. The molecule has 3 rings (SSSR count). The lowest BCUT2D eigenvalue weighted by Crippen LogP contribution is -2.60. The van der Waals surface area contributed by atoms with E-state index in [9.17, 15) is 27.9 Å². The van der Waals surface area contributed by atoms with Crippen LogP contribution in [-0.4, -0.2) is 55.3 Å². The molecule has 1 aliphatic rings. The maximum absolute atomic E-state index is 13.6. The van der Waals surface area contributed by atoms with Crippen molar-refractivity contribution in [1.82, 2.24) is 14.9 Å². The van der Waals surface area contributed by atoms with E-state index in [0.717, 1.165) is 5.56 Å². The summed E-state index contributed by atoms with van der Waals surface area (Å²) in [4.78, 5) is 39.8. The number of nitrogens with one attached hydrogen (secondary N) is 2. The second kappa shape index (κ2) is 11.7. The number of likely N-dealkylation sites (tertiary alicyclic amines) is 1. The zero-order chi connectivity index (χ0) is 29.2. The van der Waals surface area contributed by atoms with Crippen LogP contribution in [0.15, 0.2) is 53.4 Å². The molecule has 212 valence electrons. The Balaban J connectivity index is 1.78. The van der Waals surface area contributed by atoms with Crippen LogP contribution in [0.25, 0.3) is 0 Å². The highest BCUT2D eigenvalue weighted by Gasteiger charge is 2.50. The van der Waals surface area contributed by atoms with Gasteiger partial charge >= 0.3 is 0 Å². The molecule has 2 aromatic rings. The van der Waals surface area contributed by atoms with Gasteiger partial charge in [-0.2, -0.15) is 0 Å². The van der Waals surface area contributed by atoms with E-state index in [4.69, 9.17) is 11.6 Å². The van der Waals surface area contributed by atoms with Gasteiger partial charge in [0.25, 0.3) is 15.9 Å². The third kappa shape index (κ3) is 6.62. The minimum atomic E-state index is -4.14. The topological polar surface area (TPSA) is 133 Å². The predicted molar refractivity (Wildman–Crippen MR) is 148 cm³/mol. The summed E-state index contributed by atoms with van der Waals surface area (Å²) in [5.41, 5.74) is -1.12. The molecule has 1 aliphatic heterocycles. The zero-order valence-electron chi connectivity index (χ0n) is 22.8. The lowest BCUT2D eigenvalue weighted by Gasteiger charge is -2.51. The highest BCUT2D eigenvalue weighted by atomic mass is 35.5. The van der Waals surface area contributed by atoms with Gasteiger partial charge in [0, 0.05) is 35.5 Å². The average Bonchev–Trinajstić information content (AvgIpc) is 2.88. The first-order valence-corrected chi connectivity index (χ1v) is 14.7. The fraction of sp³-hybridized carbons (Fsp3) is 0.464. The molecule has 0 aliphatic carbocycles. The van der Waals surface area contributed by atoms with Crippen LogP contribution < -0.4 is 10.0 Å². The van der Waals surface area contributed by atoms with Crippen molar-refractivity contribution >= 4 is 39.3 Å². The molecule has 0 unspecified atom stereocenters. The van der Waals surface area contributed by atoms with E-state index >= 15 is 0 Å². The van der Waals surface area contributed by atoms with Crippen molar-refractivity contribution in [3.8, 4) is 0 Å². The largest absolute Gasteiger partial charge is 0.384 e. The smallest absolute Gasteiger partial charge is 0.264 e. The maximum Gasteiger partial charge on any atom is 0.264 e. The Bertz CT molecular complexity index is 1340. The monoisotopic (exact) mass is 577 g/mol. The molecule has 0 spiro atoms. The van der Waals surface area contributed by atoms with Gasteiger partial charge in [-0.05, 0) is 48.2 Å². The number of sulfonamides is 1. The first-order valence-electron chi connectivity index (χ1n) is 12.8. The Hall–Kier alpha value is -2.95. The van der Waals surface area contributed by atoms with E-state index < -0.39 is 38.9 Å². The highest BCUT2D eigenvalue weighted by Crippen LogP contribution is 2.46. The number of carbonyl (C=O) groups is 3. The van der Waals surface area contributed by atoms with Crippen LogP contribution in [0.2, 0.25) is 5.02 Å². The van der Waals surface area contributed by atoms with Gasteiger partial charge in [0.1, 0.15) is 6.04 Å². The SMILES string of the molecule is CCC(=O)NS(=O)(=O)c1cccc(C(=O)N[C@@H](C(=O)N2CC[C@](O)(c3ccc(Cl)cc3)C(C)(C)C2)C(C)C)c1. The third-order valence-corrected chi connectivity index (χ3v) is 8.90. The van der Waals surface area contributed by atoms with E-state index in [1.807, 2.05) is 32.4 Å². The summed E-state index contributed by atoms with van der Waals surface area (Å²) in [6, 6.07) is 11.4. The second-order valence-corrected chi connectivity index (χ2v) is 13.0. The molecule has 0 radical (unpaired) electrons. The summed E-state index contributed by atoms with van der Waals surface area (Å²) < 4.78 is 27.0. The fourth-order valence-electron chi connectivity index (χ4n) is 4.79. The molecule has 2 aromatic carbocycles. The second-order valence-electron chi connectivity index (χ2n) is 10.9. The molecule has 9 nitrogen and oxygen atoms in total. The van der Waals surface area contributed by atoms with Crippen LogP contribution >= 0.6 is 11.6 Å². The first-order chi connectivity index (χ1) is 18.1. The number of aliphatic hydroxyl groups is 1. The zero-order valence-corrected chi connectivity index (χ0v) is 24.4. The predicted octanol–water partition coefficient (Wildman–Crippen LogP) is 3.46. The Kier molecular flexibility index (Phi) is 9.14. The molecular weight excluding hydrogens is 542 g/mol. The molecular formula is C28H36ClN3O6S. The summed E-state index contributed by atoms with van der Waals surface area (Å²) in [7, 11) is -4.14. The average molecular weight is 578 g/mol. The lowest BCUT2D eigenvalue weighted by molar-refractivity contribution is -0.155. The van der Waals surface area contributed by atoms with E-state index in [2.05, 4.69) is 5.32 Å².